The number of nitrogens with two attached hydrogens (primary N) is 1. The van der Waals surface area contributed by atoms with Crippen LogP contribution in [-0.4, -0.2) is 52.0 Å². The zero-order chi connectivity index (χ0) is 32.9. The molecule has 0 heterocycles. The number of benzene rings is 2. The van der Waals surface area contributed by atoms with Gasteiger partial charge in [-0.3, -0.25) is 14.4 Å². The number of para-hydroxylation sites is 1. The molecule has 2 rings (SSSR count). The van der Waals surface area contributed by atoms with Gasteiger partial charge in [0.15, 0.2) is 0 Å². The number of nitrogens with zero attached hydrogens (tertiary/aromatic N) is 1. The van der Waals surface area contributed by atoms with E-state index in [1.165, 1.54) is 17.0 Å². The van der Waals surface area contributed by atoms with Gasteiger partial charge < -0.3 is 31.1 Å². The second-order valence-corrected chi connectivity index (χ2v) is 12.3. The number of rotatable bonds is 16. The zero-order valence-electron chi connectivity index (χ0n) is 27.1. The summed E-state index contributed by atoms with van der Waals surface area (Å²) in [4.78, 5) is 54.5. The predicted molar refractivity (Wildman–Crippen MR) is 172 cm³/mol. The van der Waals surface area contributed by atoms with Crippen LogP contribution in [0.4, 0.5) is 10.5 Å². The molecule has 242 valence electrons. The number of phenolic OH excluding ortho intramolecular Hbond substituents is 1. The van der Waals surface area contributed by atoms with Gasteiger partial charge in [-0.05, 0) is 76.3 Å². The van der Waals surface area contributed by atoms with Gasteiger partial charge in [0.1, 0.15) is 23.4 Å². The Balaban J connectivity index is 2.56. The number of hydrogen-bond donors (Lipinski definition) is 4. The van der Waals surface area contributed by atoms with Gasteiger partial charge >= 0.3 is 6.09 Å². The number of phenols is 1. The van der Waals surface area contributed by atoms with Crippen LogP contribution in [0.15, 0.2) is 42.5 Å². The fourth-order valence-corrected chi connectivity index (χ4v) is 4.96. The molecule has 2 unspecified atom stereocenters. The average Bonchev–Trinajstić information content (AvgIpc) is 2.93. The van der Waals surface area contributed by atoms with Crippen molar-refractivity contribution in [3.05, 3.63) is 59.2 Å². The number of primary amides is 1. The Labute approximate surface area is 261 Å². The van der Waals surface area contributed by atoms with Gasteiger partial charge in [-0.25, -0.2) is 4.79 Å². The van der Waals surface area contributed by atoms with Gasteiger partial charge in [-0.2, -0.15) is 0 Å². The minimum atomic E-state index is -1.18. The molecule has 0 aliphatic heterocycles. The highest BCUT2D eigenvalue weighted by molar-refractivity contribution is 6.00. The first kappa shape index (κ1) is 36.1. The van der Waals surface area contributed by atoms with Crippen LogP contribution < -0.4 is 16.4 Å². The highest BCUT2D eigenvalue weighted by atomic mass is 16.6. The lowest BCUT2D eigenvalue weighted by molar-refractivity contribution is -0.141. The molecule has 0 saturated heterocycles. The van der Waals surface area contributed by atoms with E-state index < -0.39 is 41.5 Å². The topological polar surface area (TPSA) is 151 Å². The van der Waals surface area contributed by atoms with Crippen LogP contribution in [-0.2, 0) is 19.1 Å². The molecule has 44 heavy (non-hydrogen) atoms. The molecular weight excluding hydrogens is 560 g/mol. The number of aromatic hydroxyl groups is 1. The Kier molecular flexibility index (Phi) is 14.2. The normalized spacial score (nSPS) is 12.6. The van der Waals surface area contributed by atoms with E-state index in [1.807, 2.05) is 32.0 Å². The predicted octanol–water partition coefficient (Wildman–Crippen LogP) is 6.04. The van der Waals surface area contributed by atoms with Gasteiger partial charge in [0.2, 0.25) is 11.8 Å². The summed E-state index contributed by atoms with van der Waals surface area (Å²) in [6, 6.07) is 9.54. The monoisotopic (exact) mass is 610 g/mol. The summed E-state index contributed by atoms with van der Waals surface area (Å²) in [6.45, 7) is 11.3. The van der Waals surface area contributed by atoms with Crippen LogP contribution in [0.1, 0.15) is 102 Å². The molecule has 10 heteroatoms. The molecule has 4 amide bonds. The molecule has 5 N–H and O–H groups in total. The quantitative estimate of drug-likeness (QED) is 0.170. The van der Waals surface area contributed by atoms with Gasteiger partial charge in [0.25, 0.3) is 5.91 Å². The van der Waals surface area contributed by atoms with E-state index in [4.69, 9.17) is 10.5 Å². The van der Waals surface area contributed by atoms with E-state index in [9.17, 15) is 24.3 Å². The number of unbranched alkanes of at least 4 members (excludes halogenated alkanes) is 5. The highest BCUT2D eigenvalue weighted by Crippen LogP contribution is 2.29. The molecule has 2 aromatic carbocycles. The Morgan fingerprint density at radius 2 is 1.52 bits per heavy atom. The van der Waals surface area contributed by atoms with Crippen molar-refractivity contribution in [2.24, 2.45) is 5.73 Å². The second kappa shape index (κ2) is 17.3. The number of carbonyl (C=O) groups is 4. The van der Waals surface area contributed by atoms with Crippen molar-refractivity contribution >= 4 is 29.5 Å². The standard InChI is InChI=1S/C34H50N4O6/c1-7-8-9-10-11-12-22-38(32(42)27(20-21-28(35)40)36-33(43)44-34(4,5)6)30(25-16-18-26(39)19-17-25)31(41)37-29-23(2)14-13-15-24(29)3/h13-19,27,30,39H,7-12,20-22H2,1-6H3,(H2,35,40)(H,36,43)(H,37,41). The number of alkyl carbamates (subject to hydrolysis) is 1. The summed E-state index contributed by atoms with van der Waals surface area (Å²) in [5.41, 5.74) is 7.45. The number of ether oxygens (including phenoxy) is 1. The van der Waals surface area contributed by atoms with E-state index >= 15 is 0 Å². The number of carbonyl (C=O) groups excluding carboxylic acids is 4. The molecule has 10 nitrogen and oxygen atoms in total. The van der Waals surface area contributed by atoms with Crippen LogP contribution in [0, 0.1) is 13.8 Å². The molecule has 0 radical (unpaired) electrons. The third-order valence-electron chi connectivity index (χ3n) is 7.20. The number of anilines is 1. The molecule has 0 fully saturated rings. The lowest BCUT2D eigenvalue weighted by Crippen LogP contribution is -2.53. The Bertz CT molecular complexity index is 1240. The SMILES string of the molecule is CCCCCCCCN(C(=O)C(CCC(N)=O)NC(=O)OC(C)(C)C)C(C(=O)Nc1c(C)cccc1C)c1ccc(O)cc1. The smallest absolute Gasteiger partial charge is 0.408 e. The maximum atomic E-state index is 14.4. The fraction of sp³-hybridized carbons (Fsp3) is 0.529. The maximum Gasteiger partial charge on any atom is 0.408 e. The van der Waals surface area contributed by atoms with Crippen LogP contribution in [0.25, 0.3) is 0 Å². The van der Waals surface area contributed by atoms with Crippen molar-refractivity contribution in [1.29, 1.82) is 0 Å². The van der Waals surface area contributed by atoms with Crippen molar-refractivity contribution < 1.29 is 29.0 Å². The van der Waals surface area contributed by atoms with E-state index in [0.29, 0.717) is 17.7 Å². The highest BCUT2D eigenvalue weighted by Gasteiger charge is 2.36. The van der Waals surface area contributed by atoms with Gasteiger partial charge in [-0.1, -0.05) is 69.4 Å². The van der Waals surface area contributed by atoms with Crippen molar-refractivity contribution in [3.63, 3.8) is 0 Å². The van der Waals surface area contributed by atoms with E-state index in [-0.39, 0.29) is 25.1 Å². The van der Waals surface area contributed by atoms with Gasteiger partial charge in [0.05, 0.1) is 0 Å². The van der Waals surface area contributed by atoms with E-state index in [1.54, 1.807) is 32.9 Å². The summed E-state index contributed by atoms with van der Waals surface area (Å²) < 4.78 is 5.41. The largest absolute Gasteiger partial charge is 0.508 e. The first-order valence-electron chi connectivity index (χ1n) is 15.5. The number of amides is 4. The number of nitrogens with one attached hydrogen (secondary N) is 2. The molecule has 0 aromatic heterocycles. The molecular formula is C34H50N4O6. The van der Waals surface area contributed by atoms with E-state index in [0.717, 1.165) is 43.2 Å². The molecule has 2 aromatic rings. The third-order valence-corrected chi connectivity index (χ3v) is 7.20. The first-order chi connectivity index (χ1) is 20.7. The van der Waals surface area contributed by atoms with Crippen LogP contribution in [0.5, 0.6) is 5.75 Å². The summed E-state index contributed by atoms with van der Waals surface area (Å²) >= 11 is 0. The summed E-state index contributed by atoms with van der Waals surface area (Å²) in [5.74, 6) is -1.60. The number of aryl methyl sites for hydroxylation is 2. The molecule has 0 saturated carbocycles. The lowest BCUT2D eigenvalue weighted by atomic mass is 10.00. The average molecular weight is 611 g/mol. The summed E-state index contributed by atoms with van der Waals surface area (Å²) in [7, 11) is 0. The first-order valence-corrected chi connectivity index (χ1v) is 15.5. The van der Waals surface area contributed by atoms with Gasteiger partial charge in [0, 0.05) is 18.7 Å². The minimum Gasteiger partial charge on any atom is -0.508 e. The number of hydrogen-bond acceptors (Lipinski definition) is 6. The van der Waals surface area contributed by atoms with Crippen molar-refractivity contribution in [2.75, 3.05) is 11.9 Å². The minimum absolute atomic E-state index is 0.0161. The Hall–Kier alpha value is -4.08. The second-order valence-electron chi connectivity index (χ2n) is 12.3. The van der Waals surface area contributed by atoms with Gasteiger partial charge in [-0.15, -0.1) is 0 Å². The molecule has 2 atom stereocenters. The molecule has 0 aliphatic rings. The third kappa shape index (κ3) is 11.9. The fourth-order valence-electron chi connectivity index (χ4n) is 4.96. The van der Waals surface area contributed by atoms with Crippen LogP contribution >= 0.6 is 0 Å². The molecule has 0 bridgehead atoms. The summed E-state index contributed by atoms with van der Waals surface area (Å²) in [6.07, 6.45) is 4.69. The van der Waals surface area contributed by atoms with Crippen molar-refractivity contribution in [2.45, 2.75) is 111 Å². The molecule has 0 spiro atoms. The lowest BCUT2D eigenvalue weighted by Gasteiger charge is -2.35. The Morgan fingerprint density at radius 3 is 2.09 bits per heavy atom. The summed E-state index contributed by atoms with van der Waals surface area (Å²) in [5, 5.41) is 15.6. The van der Waals surface area contributed by atoms with Crippen molar-refractivity contribution in [1.82, 2.24) is 10.2 Å². The Morgan fingerprint density at radius 1 is 0.932 bits per heavy atom. The maximum absolute atomic E-state index is 14.4. The van der Waals surface area contributed by atoms with Crippen molar-refractivity contribution in [3.8, 4) is 5.75 Å². The van der Waals surface area contributed by atoms with Crippen LogP contribution in [0.3, 0.4) is 0 Å². The molecule has 0 aliphatic carbocycles. The zero-order valence-corrected chi connectivity index (χ0v) is 27.1. The van der Waals surface area contributed by atoms with E-state index in [2.05, 4.69) is 17.6 Å². The van der Waals surface area contributed by atoms with Crippen LogP contribution in [0.2, 0.25) is 0 Å².